The molecule has 3 rings (SSSR count). The van der Waals surface area contributed by atoms with Gasteiger partial charge in [0, 0.05) is 5.56 Å². The maximum Gasteiger partial charge on any atom is 0.264 e. The molecule has 0 aliphatic rings. The maximum absolute atomic E-state index is 12.1. The molecule has 0 saturated carbocycles. The summed E-state index contributed by atoms with van der Waals surface area (Å²) >= 11 is 1.27. The van der Waals surface area contributed by atoms with Crippen molar-refractivity contribution in [3.63, 3.8) is 0 Å². The van der Waals surface area contributed by atoms with Crippen LogP contribution in [0.25, 0.3) is 10.6 Å². The molecule has 1 heterocycles. The largest absolute Gasteiger partial charge is 0.493 e. The summed E-state index contributed by atoms with van der Waals surface area (Å²) in [7, 11) is 3.15. The molecule has 1 aromatic heterocycles. The van der Waals surface area contributed by atoms with Gasteiger partial charge in [0.15, 0.2) is 18.1 Å². The third-order valence-corrected chi connectivity index (χ3v) is 5.04. The van der Waals surface area contributed by atoms with E-state index in [0.717, 1.165) is 11.1 Å². The topological polar surface area (TPSA) is 82.6 Å². The minimum absolute atomic E-state index is 0.103. The number of nitrogens with zero attached hydrogens (tertiary/aromatic N) is 2. The Hall–Kier alpha value is -3.13. The van der Waals surface area contributed by atoms with Crippen LogP contribution in [0.15, 0.2) is 36.4 Å². The first-order valence-electron chi connectivity index (χ1n) is 8.56. The molecular formula is C20H21N3O4S. The zero-order valence-electron chi connectivity index (χ0n) is 16.1. The Balaban J connectivity index is 1.62. The smallest absolute Gasteiger partial charge is 0.264 e. The molecule has 146 valence electrons. The molecule has 1 amide bonds. The number of amides is 1. The second-order valence-corrected chi connectivity index (χ2v) is 7.04. The molecule has 8 heteroatoms. The number of aromatic nitrogens is 2. The van der Waals surface area contributed by atoms with Gasteiger partial charge in [-0.3, -0.25) is 10.1 Å². The van der Waals surface area contributed by atoms with Gasteiger partial charge in [-0.2, -0.15) is 0 Å². The fourth-order valence-electron chi connectivity index (χ4n) is 2.47. The Morgan fingerprint density at radius 3 is 2.50 bits per heavy atom. The van der Waals surface area contributed by atoms with Gasteiger partial charge in [-0.05, 0) is 55.3 Å². The SMILES string of the molecule is COc1ccc(-c2nnc(NC(=O)COc3ccc(C)c(C)c3)s2)cc1OC. The zero-order valence-corrected chi connectivity index (χ0v) is 16.9. The molecule has 0 aliphatic carbocycles. The average molecular weight is 399 g/mol. The lowest BCUT2D eigenvalue weighted by atomic mass is 10.1. The fourth-order valence-corrected chi connectivity index (χ4v) is 3.22. The van der Waals surface area contributed by atoms with Crippen molar-refractivity contribution in [2.45, 2.75) is 13.8 Å². The predicted octanol–water partition coefficient (Wildman–Crippen LogP) is 3.86. The van der Waals surface area contributed by atoms with Crippen molar-refractivity contribution >= 4 is 22.4 Å². The van der Waals surface area contributed by atoms with E-state index >= 15 is 0 Å². The summed E-state index contributed by atoms with van der Waals surface area (Å²) in [6.07, 6.45) is 0. The molecule has 3 aromatic rings. The standard InChI is InChI=1S/C20H21N3O4S/c1-12-5-7-15(9-13(12)2)27-11-18(24)21-20-23-22-19(28-20)14-6-8-16(25-3)17(10-14)26-4/h5-10H,11H2,1-4H3,(H,21,23,24). The number of ether oxygens (including phenoxy) is 3. The van der Waals surface area contributed by atoms with Crippen molar-refractivity contribution in [3.05, 3.63) is 47.5 Å². The number of methoxy groups -OCH3 is 2. The molecule has 1 N–H and O–H groups in total. The lowest BCUT2D eigenvalue weighted by molar-refractivity contribution is -0.118. The molecule has 2 aromatic carbocycles. The lowest BCUT2D eigenvalue weighted by Crippen LogP contribution is -2.20. The van der Waals surface area contributed by atoms with E-state index in [4.69, 9.17) is 14.2 Å². The van der Waals surface area contributed by atoms with Gasteiger partial charge in [0.05, 0.1) is 14.2 Å². The Labute approximate surface area is 167 Å². The van der Waals surface area contributed by atoms with Gasteiger partial charge in [-0.15, -0.1) is 10.2 Å². The lowest BCUT2D eigenvalue weighted by Gasteiger charge is -2.08. The van der Waals surface area contributed by atoms with Gasteiger partial charge in [0.1, 0.15) is 10.8 Å². The highest BCUT2D eigenvalue weighted by atomic mass is 32.1. The molecule has 0 radical (unpaired) electrons. The van der Waals surface area contributed by atoms with Crippen LogP contribution in [0.4, 0.5) is 5.13 Å². The third-order valence-electron chi connectivity index (χ3n) is 4.15. The number of nitrogens with one attached hydrogen (secondary N) is 1. The van der Waals surface area contributed by atoms with E-state index in [1.165, 1.54) is 16.9 Å². The molecule has 0 unspecified atom stereocenters. The van der Waals surface area contributed by atoms with Crippen LogP contribution < -0.4 is 19.5 Å². The Kier molecular flexibility index (Phi) is 6.10. The fraction of sp³-hybridized carbons (Fsp3) is 0.250. The van der Waals surface area contributed by atoms with Crippen LogP contribution in [0.3, 0.4) is 0 Å². The number of aryl methyl sites for hydroxylation is 2. The molecule has 0 atom stereocenters. The van der Waals surface area contributed by atoms with Crippen molar-refractivity contribution in [2.24, 2.45) is 0 Å². The number of hydrogen-bond donors (Lipinski definition) is 1. The van der Waals surface area contributed by atoms with Gasteiger partial charge in [-0.1, -0.05) is 17.4 Å². The maximum atomic E-state index is 12.1. The third kappa shape index (κ3) is 4.58. The monoisotopic (exact) mass is 399 g/mol. The zero-order chi connectivity index (χ0) is 20.1. The number of anilines is 1. The average Bonchev–Trinajstić information content (AvgIpc) is 3.16. The number of carbonyl (C=O) groups excluding carboxylic acids is 1. The van der Waals surface area contributed by atoms with Gasteiger partial charge in [0.25, 0.3) is 5.91 Å². The molecule has 0 aliphatic heterocycles. The second kappa shape index (κ2) is 8.71. The highest BCUT2D eigenvalue weighted by Gasteiger charge is 2.13. The first-order chi connectivity index (χ1) is 13.5. The van der Waals surface area contributed by atoms with E-state index in [2.05, 4.69) is 15.5 Å². The van der Waals surface area contributed by atoms with E-state index in [1.54, 1.807) is 20.3 Å². The highest BCUT2D eigenvalue weighted by molar-refractivity contribution is 7.18. The van der Waals surface area contributed by atoms with Crippen molar-refractivity contribution in [1.82, 2.24) is 10.2 Å². The minimum Gasteiger partial charge on any atom is -0.493 e. The van der Waals surface area contributed by atoms with Crippen molar-refractivity contribution in [2.75, 3.05) is 26.1 Å². The Bertz CT molecular complexity index is 987. The van der Waals surface area contributed by atoms with Gasteiger partial charge in [0.2, 0.25) is 5.13 Å². The Morgan fingerprint density at radius 1 is 1.00 bits per heavy atom. The van der Waals surface area contributed by atoms with Gasteiger partial charge >= 0.3 is 0 Å². The number of hydrogen-bond acceptors (Lipinski definition) is 7. The van der Waals surface area contributed by atoms with E-state index in [0.29, 0.717) is 27.4 Å². The quantitative estimate of drug-likeness (QED) is 0.650. The summed E-state index contributed by atoms with van der Waals surface area (Å²) in [5.41, 5.74) is 3.11. The van der Waals surface area contributed by atoms with Crippen LogP contribution in [-0.4, -0.2) is 36.9 Å². The Morgan fingerprint density at radius 2 is 1.79 bits per heavy atom. The molecule has 0 fully saturated rings. The van der Waals surface area contributed by atoms with Crippen LogP contribution >= 0.6 is 11.3 Å². The van der Waals surface area contributed by atoms with Crippen LogP contribution in [0.2, 0.25) is 0 Å². The molecule has 0 spiro atoms. The highest BCUT2D eigenvalue weighted by Crippen LogP contribution is 2.34. The summed E-state index contributed by atoms with van der Waals surface area (Å²) in [5.74, 6) is 1.59. The van der Waals surface area contributed by atoms with Gasteiger partial charge < -0.3 is 14.2 Å². The van der Waals surface area contributed by atoms with Crippen LogP contribution in [0.1, 0.15) is 11.1 Å². The number of rotatable bonds is 7. The van der Waals surface area contributed by atoms with E-state index < -0.39 is 0 Å². The summed E-state index contributed by atoms with van der Waals surface area (Å²) in [6, 6.07) is 11.2. The summed E-state index contributed by atoms with van der Waals surface area (Å²) in [6.45, 7) is 3.92. The van der Waals surface area contributed by atoms with Crippen molar-refractivity contribution in [3.8, 4) is 27.8 Å². The predicted molar refractivity (Wildman–Crippen MR) is 108 cm³/mol. The summed E-state index contributed by atoms with van der Waals surface area (Å²) in [4.78, 5) is 12.1. The normalized spacial score (nSPS) is 10.4. The summed E-state index contributed by atoms with van der Waals surface area (Å²) in [5, 5.41) is 11.9. The van der Waals surface area contributed by atoms with E-state index in [-0.39, 0.29) is 12.5 Å². The molecule has 28 heavy (non-hydrogen) atoms. The summed E-state index contributed by atoms with van der Waals surface area (Å²) < 4.78 is 16.1. The van der Waals surface area contributed by atoms with Crippen LogP contribution in [-0.2, 0) is 4.79 Å². The molecular weight excluding hydrogens is 378 g/mol. The number of benzene rings is 2. The van der Waals surface area contributed by atoms with Crippen molar-refractivity contribution < 1.29 is 19.0 Å². The van der Waals surface area contributed by atoms with E-state index in [9.17, 15) is 4.79 Å². The van der Waals surface area contributed by atoms with Gasteiger partial charge in [-0.25, -0.2) is 0 Å². The van der Waals surface area contributed by atoms with Crippen LogP contribution in [0.5, 0.6) is 17.2 Å². The van der Waals surface area contributed by atoms with Crippen molar-refractivity contribution in [1.29, 1.82) is 0 Å². The molecule has 7 nitrogen and oxygen atoms in total. The van der Waals surface area contributed by atoms with Crippen LogP contribution in [0, 0.1) is 13.8 Å². The minimum atomic E-state index is -0.298. The first kappa shape index (κ1) is 19.6. The van der Waals surface area contributed by atoms with E-state index in [1.807, 2.05) is 44.2 Å². The molecule has 0 saturated heterocycles. The second-order valence-electron chi connectivity index (χ2n) is 6.07. The molecule has 0 bridgehead atoms. The number of carbonyl (C=O) groups is 1. The first-order valence-corrected chi connectivity index (χ1v) is 9.37.